The van der Waals surface area contributed by atoms with Gasteiger partial charge in [-0.2, -0.15) is 4.98 Å². The Balaban J connectivity index is 1.45. The fourth-order valence-corrected chi connectivity index (χ4v) is 3.54. The quantitative estimate of drug-likeness (QED) is 0.894. The maximum atomic E-state index is 12.4. The third-order valence-corrected chi connectivity index (χ3v) is 4.92. The first-order chi connectivity index (χ1) is 11.0. The van der Waals surface area contributed by atoms with Crippen LogP contribution in [0.4, 0.5) is 0 Å². The van der Waals surface area contributed by atoms with E-state index in [-0.39, 0.29) is 12.3 Å². The lowest BCUT2D eigenvalue weighted by atomic mass is 9.82. The minimum Gasteiger partial charge on any atom is -0.389 e. The van der Waals surface area contributed by atoms with Gasteiger partial charge in [-0.05, 0) is 12.8 Å². The average molecular weight is 322 g/mol. The molecule has 0 spiro atoms. The number of nitrogens with zero attached hydrogens (tertiary/aromatic N) is 4. The molecule has 1 saturated carbocycles. The molecule has 0 aromatic carbocycles. The molecule has 1 amide bonds. The highest BCUT2D eigenvalue weighted by atomic mass is 16.5. The second-order valence-electron chi connectivity index (χ2n) is 6.85. The first kappa shape index (κ1) is 16.4. The molecule has 7 nitrogen and oxygen atoms in total. The molecule has 2 heterocycles. The molecule has 0 bridgehead atoms. The Labute approximate surface area is 136 Å². The highest BCUT2D eigenvalue weighted by Gasteiger charge is 2.34. The number of aromatic nitrogens is 2. The van der Waals surface area contributed by atoms with Crippen molar-refractivity contribution < 1.29 is 14.4 Å². The summed E-state index contributed by atoms with van der Waals surface area (Å²) in [6.45, 7) is 5.44. The molecule has 1 aromatic heterocycles. The van der Waals surface area contributed by atoms with Crippen molar-refractivity contribution in [3.8, 4) is 0 Å². The van der Waals surface area contributed by atoms with E-state index in [0.717, 1.165) is 38.8 Å². The van der Waals surface area contributed by atoms with Gasteiger partial charge in [0.1, 0.15) is 0 Å². The number of aliphatic hydroxyl groups is 1. The number of hydrogen-bond acceptors (Lipinski definition) is 6. The van der Waals surface area contributed by atoms with Crippen LogP contribution in [-0.2, 0) is 11.3 Å². The summed E-state index contributed by atoms with van der Waals surface area (Å²) in [4.78, 5) is 20.8. The van der Waals surface area contributed by atoms with Crippen LogP contribution in [0.15, 0.2) is 4.52 Å². The molecule has 1 N–H and O–H groups in total. The van der Waals surface area contributed by atoms with E-state index in [1.54, 1.807) is 6.92 Å². The van der Waals surface area contributed by atoms with E-state index < -0.39 is 5.60 Å². The molecule has 0 radical (unpaired) electrons. The molecule has 2 aliphatic rings. The van der Waals surface area contributed by atoms with Gasteiger partial charge in [-0.25, -0.2) is 0 Å². The average Bonchev–Trinajstić information content (AvgIpc) is 2.93. The van der Waals surface area contributed by atoms with Gasteiger partial charge in [-0.15, -0.1) is 0 Å². The molecule has 1 aliphatic heterocycles. The highest BCUT2D eigenvalue weighted by molar-refractivity contribution is 5.77. The van der Waals surface area contributed by atoms with E-state index in [1.165, 1.54) is 6.42 Å². The Bertz CT molecular complexity index is 531. The third kappa shape index (κ3) is 4.29. The topological polar surface area (TPSA) is 82.7 Å². The summed E-state index contributed by atoms with van der Waals surface area (Å²) in [6.07, 6.45) is 5.02. The van der Waals surface area contributed by atoms with Crippen LogP contribution < -0.4 is 0 Å². The number of piperazine rings is 1. The standard InChI is InChI=1S/C16H26N4O3/c1-13-17-14(18-23-13)12-19-7-9-20(10-8-19)15(21)11-16(22)5-3-2-4-6-16/h22H,2-12H2,1H3. The zero-order valence-corrected chi connectivity index (χ0v) is 13.8. The largest absolute Gasteiger partial charge is 0.389 e. The Kier molecular flexibility index (Phi) is 4.96. The van der Waals surface area contributed by atoms with Gasteiger partial charge in [0.05, 0.1) is 18.6 Å². The fraction of sp³-hybridized carbons (Fsp3) is 0.812. The molecular weight excluding hydrogens is 296 g/mol. The molecule has 3 rings (SSSR count). The van der Waals surface area contributed by atoms with Gasteiger partial charge in [-0.1, -0.05) is 24.4 Å². The first-order valence-electron chi connectivity index (χ1n) is 8.56. The molecule has 1 aromatic rings. The summed E-state index contributed by atoms with van der Waals surface area (Å²) >= 11 is 0. The van der Waals surface area contributed by atoms with Crippen molar-refractivity contribution in [3.05, 3.63) is 11.7 Å². The van der Waals surface area contributed by atoms with Crippen molar-refractivity contribution in [2.24, 2.45) is 0 Å². The Hall–Kier alpha value is -1.47. The molecule has 1 saturated heterocycles. The second kappa shape index (κ2) is 6.97. The number of aryl methyl sites for hydroxylation is 1. The number of carbonyl (C=O) groups is 1. The predicted molar refractivity (Wildman–Crippen MR) is 83.5 cm³/mol. The van der Waals surface area contributed by atoms with E-state index in [1.807, 2.05) is 4.90 Å². The van der Waals surface area contributed by atoms with Crippen LogP contribution in [0.1, 0.15) is 50.2 Å². The predicted octanol–water partition coefficient (Wildman–Crippen LogP) is 1.11. The monoisotopic (exact) mass is 322 g/mol. The third-order valence-electron chi connectivity index (χ3n) is 4.92. The summed E-state index contributed by atoms with van der Waals surface area (Å²) < 4.78 is 4.98. The van der Waals surface area contributed by atoms with Crippen molar-refractivity contribution in [1.29, 1.82) is 0 Å². The van der Waals surface area contributed by atoms with Crippen LogP contribution in [0.5, 0.6) is 0 Å². The maximum Gasteiger partial charge on any atom is 0.225 e. The number of carbonyl (C=O) groups excluding carboxylic acids is 1. The fourth-order valence-electron chi connectivity index (χ4n) is 3.54. The normalized spacial score (nSPS) is 22.3. The van der Waals surface area contributed by atoms with Crippen LogP contribution in [-0.4, -0.2) is 62.7 Å². The van der Waals surface area contributed by atoms with Crippen LogP contribution in [0, 0.1) is 6.92 Å². The van der Waals surface area contributed by atoms with E-state index >= 15 is 0 Å². The van der Waals surface area contributed by atoms with Crippen molar-refractivity contribution in [3.63, 3.8) is 0 Å². The maximum absolute atomic E-state index is 12.4. The highest BCUT2D eigenvalue weighted by Crippen LogP contribution is 2.31. The zero-order chi connectivity index (χ0) is 16.3. The summed E-state index contributed by atoms with van der Waals surface area (Å²) in [6, 6.07) is 0. The van der Waals surface area contributed by atoms with E-state index in [2.05, 4.69) is 15.0 Å². The molecule has 0 atom stereocenters. The number of hydrogen-bond donors (Lipinski definition) is 1. The molecule has 128 valence electrons. The summed E-state index contributed by atoms with van der Waals surface area (Å²) in [5, 5.41) is 14.4. The van der Waals surface area contributed by atoms with Crippen molar-refractivity contribution in [2.75, 3.05) is 26.2 Å². The Morgan fingerprint density at radius 3 is 2.52 bits per heavy atom. The molecule has 23 heavy (non-hydrogen) atoms. The smallest absolute Gasteiger partial charge is 0.225 e. The van der Waals surface area contributed by atoms with Gasteiger partial charge in [0, 0.05) is 33.1 Å². The minimum absolute atomic E-state index is 0.0875. The summed E-state index contributed by atoms with van der Waals surface area (Å²) in [5.74, 6) is 1.36. The van der Waals surface area contributed by atoms with Gasteiger partial charge in [0.2, 0.25) is 11.8 Å². The van der Waals surface area contributed by atoms with Crippen LogP contribution in [0.25, 0.3) is 0 Å². The van der Waals surface area contributed by atoms with E-state index in [9.17, 15) is 9.90 Å². The van der Waals surface area contributed by atoms with Gasteiger partial charge in [0.25, 0.3) is 0 Å². The van der Waals surface area contributed by atoms with Crippen molar-refractivity contribution in [1.82, 2.24) is 19.9 Å². The van der Waals surface area contributed by atoms with Crippen LogP contribution in [0.2, 0.25) is 0 Å². The zero-order valence-electron chi connectivity index (χ0n) is 13.8. The lowest BCUT2D eigenvalue weighted by molar-refractivity contribution is -0.139. The number of rotatable bonds is 4. The van der Waals surface area contributed by atoms with E-state index in [4.69, 9.17) is 4.52 Å². The summed E-state index contributed by atoms with van der Waals surface area (Å²) in [5.41, 5.74) is -0.769. The van der Waals surface area contributed by atoms with Gasteiger partial charge in [-0.3, -0.25) is 9.69 Å². The van der Waals surface area contributed by atoms with Gasteiger partial charge in [0.15, 0.2) is 5.82 Å². The first-order valence-corrected chi connectivity index (χ1v) is 8.56. The van der Waals surface area contributed by atoms with Gasteiger partial charge < -0.3 is 14.5 Å². The molecule has 0 unspecified atom stereocenters. The lowest BCUT2D eigenvalue weighted by Crippen LogP contribution is -2.50. The van der Waals surface area contributed by atoms with Crippen molar-refractivity contribution >= 4 is 5.91 Å². The van der Waals surface area contributed by atoms with E-state index in [0.29, 0.717) is 31.3 Å². The Morgan fingerprint density at radius 1 is 1.22 bits per heavy atom. The molecule has 2 fully saturated rings. The molecule has 7 heteroatoms. The second-order valence-corrected chi connectivity index (χ2v) is 6.85. The summed E-state index contributed by atoms with van der Waals surface area (Å²) in [7, 11) is 0. The minimum atomic E-state index is -0.769. The number of amides is 1. The molecule has 1 aliphatic carbocycles. The van der Waals surface area contributed by atoms with Gasteiger partial charge >= 0.3 is 0 Å². The van der Waals surface area contributed by atoms with Crippen molar-refractivity contribution in [2.45, 2.75) is 57.6 Å². The van der Waals surface area contributed by atoms with Crippen LogP contribution >= 0.6 is 0 Å². The van der Waals surface area contributed by atoms with Crippen LogP contribution in [0.3, 0.4) is 0 Å². The Morgan fingerprint density at radius 2 is 1.91 bits per heavy atom. The SMILES string of the molecule is Cc1nc(CN2CCN(C(=O)CC3(O)CCCCC3)CC2)no1. The lowest BCUT2D eigenvalue weighted by Gasteiger charge is -2.37. The molecular formula is C16H26N4O3.